The molecule has 1 aromatic heterocycles. The number of benzene rings is 2. The number of nitrogens with zero attached hydrogens (tertiary/aromatic N) is 2. The van der Waals surface area contributed by atoms with Crippen LogP contribution in [0.15, 0.2) is 48.5 Å². The highest BCUT2D eigenvalue weighted by Crippen LogP contribution is 2.25. The van der Waals surface area contributed by atoms with Crippen LogP contribution in [0, 0.1) is 11.6 Å². The molecule has 0 aliphatic heterocycles. The minimum Gasteiger partial charge on any atom is -0.299 e. The van der Waals surface area contributed by atoms with Gasteiger partial charge in [-0.1, -0.05) is 12.1 Å². The predicted octanol–water partition coefficient (Wildman–Crippen LogP) is 4.40. The van der Waals surface area contributed by atoms with Crippen LogP contribution in [0.25, 0.3) is 11.4 Å². The van der Waals surface area contributed by atoms with E-state index in [1.54, 1.807) is 12.1 Å². The van der Waals surface area contributed by atoms with Gasteiger partial charge in [-0.25, -0.2) is 8.78 Å². The lowest BCUT2D eigenvalue weighted by molar-refractivity contribution is -0.116. The third-order valence-electron chi connectivity index (χ3n) is 3.15. The van der Waals surface area contributed by atoms with E-state index in [1.165, 1.54) is 36.4 Å². The van der Waals surface area contributed by atoms with Gasteiger partial charge in [-0.05, 0) is 42.0 Å². The van der Waals surface area contributed by atoms with Gasteiger partial charge >= 0.3 is 0 Å². The van der Waals surface area contributed by atoms with E-state index >= 15 is 0 Å². The number of nitrogens with one attached hydrogen (secondary N) is 1. The van der Waals surface area contributed by atoms with Gasteiger partial charge in [-0.15, -0.1) is 11.6 Å². The predicted molar refractivity (Wildman–Crippen MR) is 88.9 cm³/mol. The molecular weight excluding hydrogens is 356 g/mol. The van der Waals surface area contributed by atoms with Gasteiger partial charge in [0.15, 0.2) is 5.82 Å². The number of aromatic nitrogens is 2. The number of halogens is 3. The highest BCUT2D eigenvalue weighted by molar-refractivity contribution is 7.10. The summed E-state index contributed by atoms with van der Waals surface area (Å²) in [6.07, 6.45) is 0. The van der Waals surface area contributed by atoms with Crippen LogP contribution in [0.3, 0.4) is 0 Å². The number of carbonyl (C=O) groups is 1. The van der Waals surface area contributed by atoms with Crippen molar-refractivity contribution in [1.29, 1.82) is 0 Å². The Hall–Kier alpha value is -2.38. The standard InChI is InChI=1S/C16H10ClF2N3OS/c17-13(9-1-5-11(18)6-2-9)15(23)21-16-20-14(22-24-16)10-3-7-12(19)8-4-10/h1-8,13H,(H,20,21,22,23)/t13-/m1/s1. The molecule has 1 N–H and O–H groups in total. The summed E-state index contributed by atoms with van der Waals surface area (Å²) >= 11 is 7.07. The first kappa shape index (κ1) is 16.5. The Balaban J connectivity index is 1.71. The highest BCUT2D eigenvalue weighted by Gasteiger charge is 2.19. The zero-order chi connectivity index (χ0) is 17.1. The van der Waals surface area contributed by atoms with Gasteiger partial charge in [0.1, 0.15) is 17.0 Å². The summed E-state index contributed by atoms with van der Waals surface area (Å²) in [5.74, 6) is -0.879. The Morgan fingerprint density at radius 1 is 1.04 bits per heavy atom. The van der Waals surface area contributed by atoms with Gasteiger partial charge < -0.3 is 0 Å². The summed E-state index contributed by atoms with van der Waals surface area (Å²) in [7, 11) is 0. The van der Waals surface area contributed by atoms with Crippen molar-refractivity contribution >= 4 is 34.2 Å². The Morgan fingerprint density at radius 2 is 1.62 bits per heavy atom. The quantitative estimate of drug-likeness (QED) is 0.697. The summed E-state index contributed by atoms with van der Waals surface area (Å²) in [6, 6.07) is 11.0. The molecule has 3 aromatic rings. The van der Waals surface area contributed by atoms with Crippen LogP contribution in [0.2, 0.25) is 0 Å². The van der Waals surface area contributed by atoms with E-state index in [0.717, 1.165) is 11.5 Å². The zero-order valence-corrected chi connectivity index (χ0v) is 13.6. The average Bonchev–Trinajstić information content (AvgIpc) is 3.04. The summed E-state index contributed by atoms with van der Waals surface area (Å²) < 4.78 is 29.9. The van der Waals surface area contributed by atoms with Gasteiger partial charge in [-0.2, -0.15) is 9.36 Å². The lowest BCUT2D eigenvalue weighted by Gasteiger charge is -2.08. The van der Waals surface area contributed by atoms with E-state index in [2.05, 4.69) is 14.7 Å². The lowest BCUT2D eigenvalue weighted by atomic mass is 10.1. The molecule has 2 aromatic carbocycles. The molecule has 8 heteroatoms. The minimum absolute atomic E-state index is 0.270. The molecule has 0 saturated heterocycles. The molecule has 0 bridgehead atoms. The van der Waals surface area contributed by atoms with Crippen molar-refractivity contribution in [1.82, 2.24) is 9.36 Å². The second kappa shape index (κ2) is 7.02. The fraction of sp³-hybridized carbons (Fsp3) is 0.0625. The van der Waals surface area contributed by atoms with Crippen molar-refractivity contribution in [3.63, 3.8) is 0 Å². The van der Waals surface area contributed by atoms with Crippen LogP contribution < -0.4 is 5.32 Å². The van der Waals surface area contributed by atoms with Crippen LogP contribution in [-0.2, 0) is 4.79 Å². The third kappa shape index (κ3) is 3.74. The number of hydrogen-bond acceptors (Lipinski definition) is 4. The first-order chi connectivity index (χ1) is 11.5. The van der Waals surface area contributed by atoms with Gasteiger partial charge in [-0.3, -0.25) is 10.1 Å². The molecule has 0 saturated carbocycles. The number of amides is 1. The number of alkyl halides is 1. The molecular formula is C16H10ClF2N3OS. The Morgan fingerprint density at radius 3 is 2.25 bits per heavy atom. The van der Waals surface area contributed by atoms with Gasteiger partial charge in [0.2, 0.25) is 11.0 Å². The molecule has 4 nitrogen and oxygen atoms in total. The molecule has 0 aliphatic rings. The Bertz CT molecular complexity index is 853. The van der Waals surface area contributed by atoms with Crippen molar-refractivity contribution in [3.05, 3.63) is 65.7 Å². The molecule has 3 rings (SSSR count). The molecule has 122 valence electrons. The lowest BCUT2D eigenvalue weighted by Crippen LogP contribution is -2.17. The van der Waals surface area contributed by atoms with Crippen LogP contribution >= 0.6 is 23.1 Å². The number of anilines is 1. The highest BCUT2D eigenvalue weighted by atomic mass is 35.5. The van der Waals surface area contributed by atoms with E-state index in [4.69, 9.17) is 11.6 Å². The average molecular weight is 366 g/mol. The maximum Gasteiger partial charge on any atom is 0.248 e. The number of rotatable bonds is 4. The molecule has 1 atom stereocenters. The topological polar surface area (TPSA) is 54.9 Å². The minimum atomic E-state index is -0.983. The SMILES string of the molecule is O=C(Nc1nc(-c2ccc(F)cc2)ns1)[C@H](Cl)c1ccc(F)cc1. The van der Waals surface area contributed by atoms with Crippen LogP contribution in [0.1, 0.15) is 10.9 Å². The monoisotopic (exact) mass is 365 g/mol. The van der Waals surface area contributed by atoms with E-state index in [1.807, 2.05) is 0 Å². The zero-order valence-electron chi connectivity index (χ0n) is 12.0. The molecule has 1 heterocycles. The van der Waals surface area contributed by atoms with Gasteiger partial charge in [0, 0.05) is 17.1 Å². The molecule has 24 heavy (non-hydrogen) atoms. The van der Waals surface area contributed by atoms with Crippen LogP contribution in [-0.4, -0.2) is 15.3 Å². The smallest absolute Gasteiger partial charge is 0.248 e. The molecule has 0 unspecified atom stereocenters. The summed E-state index contributed by atoms with van der Waals surface area (Å²) in [4.78, 5) is 16.3. The molecule has 0 fully saturated rings. The van der Waals surface area contributed by atoms with Crippen molar-refractivity contribution in [2.24, 2.45) is 0 Å². The van der Waals surface area contributed by atoms with Crippen LogP contribution in [0.4, 0.5) is 13.9 Å². The normalized spacial score (nSPS) is 12.0. The fourth-order valence-corrected chi connectivity index (χ4v) is 2.74. The maximum atomic E-state index is 12.9. The summed E-state index contributed by atoms with van der Waals surface area (Å²) in [5, 5.41) is 1.85. The van der Waals surface area contributed by atoms with E-state index in [0.29, 0.717) is 17.0 Å². The van der Waals surface area contributed by atoms with Crippen molar-refractivity contribution < 1.29 is 13.6 Å². The van der Waals surface area contributed by atoms with E-state index in [-0.39, 0.29) is 10.9 Å². The second-order valence-electron chi connectivity index (χ2n) is 4.83. The largest absolute Gasteiger partial charge is 0.299 e. The first-order valence-electron chi connectivity index (χ1n) is 6.83. The summed E-state index contributed by atoms with van der Waals surface area (Å²) in [5.41, 5.74) is 1.10. The molecule has 0 aliphatic carbocycles. The second-order valence-corrected chi connectivity index (χ2v) is 6.02. The van der Waals surface area contributed by atoms with Crippen LogP contribution in [0.5, 0.6) is 0 Å². The van der Waals surface area contributed by atoms with Crippen molar-refractivity contribution in [2.75, 3.05) is 5.32 Å². The third-order valence-corrected chi connectivity index (χ3v) is 4.23. The molecule has 0 radical (unpaired) electrons. The summed E-state index contributed by atoms with van der Waals surface area (Å²) in [6.45, 7) is 0. The van der Waals surface area contributed by atoms with E-state index in [9.17, 15) is 13.6 Å². The first-order valence-corrected chi connectivity index (χ1v) is 8.04. The number of carbonyl (C=O) groups excluding carboxylic acids is 1. The molecule has 0 spiro atoms. The van der Waals surface area contributed by atoms with E-state index < -0.39 is 17.1 Å². The maximum absolute atomic E-state index is 12.9. The fourth-order valence-electron chi connectivity index (χ4n) is 1.94. The molecule has 1 amide bonds. The number of hydrogen-bond donors (Lipinski definition) is 1. The van der Waals surface area contributed by atoms with Crippen molar-refractivity contribution in [3.8, 4) is 11.4 Å². The van der Waals surface area contributed by atoms with Gasteiger partial charge in [0.05, 0.1) is 0 Å². The Labute approximate surface area is 145 Å². The van der Waals surface area contributed by atoms with Crippen molar-refractivity contribution in [2.45, 2.75) is 5.38 Å². The Kier molecular flexibility index (Phi) is 4.82. The van der Waals surface area contributed by atoms with Gasteiger partial charge in [0.25, 0.3) is 0 Å².